The van der Waals surface area contributed by atoms with Crippen molar-refractivity contribution < 1.29 is 0 Å². The lowest BCUT2D eigenvalue weighted by molar-refractivity contribution is 0.349. The van der Waals surface area contributed by atoms with E-state index in [9.17, 15) is 9.59 Å². The molecule has 3 rings (SSSR count). The number of H-pyrrole nitrogens is 1. The summed E-state index contributed by atoms with van der Waals surface area (Å²) in [6.07, 6.45) is 5.37. The lowest BCUT2D eigenvalue weighted by Gasteiger charge is -2.23. The van der Waals surface area contributed by atoms with Crippen LogP contribution in [0, 0.1) is 0 Å². The largest absolute Gasteiger partial charge is 0.359 e. The number of aryl methyl sites for hydroxylation is 1. The van der Waals surface area contributed by atoms with Gasteiger partial charge in [0.25, 0.3) is 5.56 Å². The highest BCUT2D eigenvalue weighted by atomic mass is 16.2. The van der Waals surface area contributed by atoms with Gasteiger partial charge < -0.3 is 9.88 Å². The van der Waals surface area contributed by atoms with Gasteiger partial charge >= 0.3 is 5.69 Å². The van der Waals surface area contributed by atoms with Crippen LogP contribution in [0.2, 0.25) is 0 Å². The first-order chi connectivity index (χ1) is 9.63. The van der Waals surface area contributed by atoms with Gasteiger partial charge in [-0.3, -0.25) is 14.3 Å². The highest BCUT2D eigenvalue weighted by Crippen LogP contribution is 2.28. The van der Waals surface area contributed by atoms with Crippen molar-refractivity contribution in [3.8, 4) is 0 Å². The minimum absolute atomic E-state index is 0.134. The zero-order valence-electron chi connectivity index (χ0n) is 11.8. The SMILES string of the molecule is CNc1nc2c(c(=O)[nH]c(=O)n2C2CCCCC2)n1C. The third-order valence-electron chi connectivity index (χ3n) is 4.12. The molecule has 1 fully saturated rings. The second kappa shape index (κ2) is 4.81. The highest BCUT2D eigenvalue weighted by molar-refractivity contribution is 5.74. The molecule has 0 spiro atoms. The van der Waals surface area contributed by atoms with Gasteiger partial charge in [0.15, 0.2) is 11.2 Å². The Labute approximate surface area is 115 Å². The van der Waals surface area contributed by atoms with Crippen molar-refractivity contribution in [2.24, 2.45) is 7.05 Å². The molecule has 2 heterocycles. The minimum Gasteiger partial charge on any atom is -0.359 e. The van der Waals surface area contributed by atoms with E-state index < -0.39 is 0 Å². The Morgan fingerprint density at radius 2 is 1.95 bits per heavy atom. The third-order valence-corrected chi connectivity index (χ3v) is 4.12. The van der Waals surface area contributed by atoms with Crippen LogP contribution in [0.5, 0.6) is 0 Å². The van der Waals surface area contributed by atoms with Crippen LogP contribution in [-0.4, -0.2) is 26.1 Å². The fourth-order valence-electron chi connectivity index (χ4n) is 3.12. The van der Waals surface area contributed by atoms with Crippen molar-refractivity contribution in [1.82, 2.24) is 19.1 Å². The van der Waals surface area contributed by atoms with Crippen LogP contribution >= 0.6 is 0 Å². The molecule has 0 bridgehead atoms. The van der Waals surface area contributed by atoms with Crippen molar-refractivity contribution >= 4 is 17.1 Å². The topological polar surface area (TPSA) is 84.7 Å². The number of fused-ring (bicyclic) bond motifs is 1. The van der Waals surface area contributed by atoms with Crippen molar-refractivity contribution in [1.29, 1.82) is 0 Å². The number of aromatic amines is 1. The second-order valence-corrected chi connectivity index (χ2v) is 5.34. The maximum Gasteiger partial charge on any atom is 0.330 e. The number of aromatic nitrogens is 4. The standard InChI is InChI=1S/C13H19N5O2/c1-14-12-15-10-9(17(12)2)11(19)16-13(20)18(10)8-6-4-3-5-7-8/h8H,3-7H2,1-2H3,(H,14,15)(H,16,19,20). The summed E-state index contributed by atoms with van der Waals surface area (Å²) in [5.74, 6) is 0.584. The lowest BCUT2D eigenvalue weighted by Crippen LogP contribution is -2.34. The average Bonchev–Trinajstić information content (AvgIpc) is 2.77. The van der Waals surface area contributed by atoms with Gasteiger partial charge in [-0.15, -0.1) is 0 Å². The number of anilines is 1. The number of nitrogens with zero attached hydrogens (tertiary/aromatic N) is 3. The van der Waals surface area contributed by atoms with E-state index in [0.717, 1.165) is 25.7 Å². The molecule has 0 aliphatic heterocycles. The summed E-state index contributed by atoms with van der Waals surface area (Å²) < 4.78 is 3.35. The Bertz CT molecular complexity index is 748. The summed E-state index contributed by atoms with van der Waals surface area (Å²) in [7, 11) is 3.52. The van der Waals surface area contributed by atoms with Crippen molar-refractivity contribution in [2.45, 2.75) is 38.1 Å². The zero-order valence-corrected chi connectivity index (χ0v) is 11.8. The van der Waals surface area contributed by atoms with Crippen LogP contribution < -0.4 is 16.6 Å². The molecule has 7 nitrogen and oxygen atoms in total. The fraction of sp³-hybridized carbons (Fsp3) is 0.615. The molecule has 20 heavy (non-hydrogen) atoms. The molecule has 108 valence electrons. The molecule has 2 aromatic rings. The Morgan fingerprint density at radius 3 is 2.60 bits per heavy atom. The van der Waals surface area contributed by atoms with Crippen molar-refractivity contribution in [3.05, 3.63) is 20.8 Å². The molecule has 0 atom stereocenters. The predicted octanol–water partition coefficient (Wildman–Crippen LogP) is 0.970. The molecular formula is C13H19N5O2. The van der Waals surface area contributed by atoms with E-state index in [1.165, 1.54) is 6.42 Å². The van der Waals surface area contributed by atoms with E-state index in [-0.39, 0.29) is 17.3 Å². The molecule has 0 aromatic carbocycles. The second-order valence-electron chi connectivity index (χ2n) is 5.34. The lowest BCUT2D eigenvalue weighted by atomic mass is 9.95. The van der Waals surface area contributed by atoms with E-state index in [2.05, 4.69) is 15.3 Å². The van der Waals surface area contributed by atoms with Crippen molar-refractivity contribution in [3.63, 3.8) is 0 Å². The monoisotopic (exact) mass is 277 g/mol. The van der Waals surface area contributed by atoms with E-state index >= 15 is 0 Å². The van der Waals surface area contributed by atoms with Crippen LogP contribution in [0.15, 0.2) is 9.59 Å². The van der Waals surface area contributed by atoms with Gasteiger partial charge in [-0.1, -0.05) is 19.3 Å². The summed E-state index contributed by atoms with van der Waals surface area (Å²) in [6, 6.07) is 0.134. The maximum absolute atomic E-state index is 12.2. The van der Waals surface area contributed by atoms with Crippen LogP contribution in [0.4, 0.5) is 5.95 Å². The molecule has 0 radical (unpaired) electrons. The molecule has 0 unspecified atom stereocenters. The Morgan fingerprint density at radius 1 is 1.25 bits per heavy atom. The first-order valence-electron chi connectivity index (χ1n) is 7.02. The molecule has 1 aliphatic rings. The first-order valence-corrected chi connectivity index (χ1v) is 7.02. The van der Waals surface area contributed by atoms with Crippen molar-refractivity contribution in [2.75, 3.05) is 12.4 Å². The summed E-state index contributed by atoms with van der Waals surface area (Å²) in [4.78, 5) is 31.1. The van der Waals surface area contributed by atoms with Gasteiger partial charge in [0, 0.05) is 20.1 Å². The van der Waals surface area contributed by atoms with E-state index in [4.69, 9.17) is 0 Å². The Balaban J connectivity index is 2.30. The third kappa shape index (κ3) is 1.85. The molecule has 1 saturated carbocycles. The van der Waals surface area contributed by atoms with Crippen LogP contribution in [0.25, 0.3) is 11.2 Å². The highest BCUT2D eigenvalue weighted by Gasteiger charge is 2.22. The van der Waals surface area contributed by atoms with Gasteiger partial charge in [-0.05, 0) is 12.8 Å². The molecule has 0 amide bonds. The van der Waals surface area contributed by atoms with Crippen LogP contribution in [0.1, 0.15) is 38.1 Å². The first kappa shape index (κ1) is 13.0. The van der Waals surface area contributed by atoms with Gasteiger partial charge in [0.05, 0.1) is 0 Å². The van der Waals surface area contributed by atoms with Gasteiger partial charge in [-0.2, -0.15) is 4.98 Å². The number of nitrogens with one attached hydrogen (secondary N) is 2. The van der Waals surface area contributed by atoms with Crippen LogP contribution in [-0.2, 0) is 7.05 Å². The molecule has 0 saturated heterocycles. The normalized spacial score (nSPS) is 16.7. The minimum atomic E-state index is -0.381. The molecule has 2 N–H and O–H groups in total. The predicted molar refractivity (Wildman–Crippen MR) is 77.3 cm³/mol. The number of imidazole rings is 1. The smallest absolute Gasteiger partial charge is 0.330 e. The van der Waals surface area contributed by atoms with E-state index in [1.807, 2.05) is 0 Å². The number of hydrogen-bond donors (Lipinski definition) is 2. The fourth-order valence-corrected chi connectivity index (χ4v) is 3.12. The molecule has 2 aromatic heterocycles. The summed E-state index contributed by atoms with van der Waals surface area (Å²) in [5, 5.41) is 2.95. The summed E-state index contributed by atoms with van der Waals surface area (Å²) in [6.45, 7) is 0. The molecular weight excluding hydrogens is 258 g/mol. The average molecular weight is 277 g/mol. The van der Waals surface area contributed by atoms with Crippen LogP contribution in [0.3, 0.4) is 0 Å². The van der Waals surface area contributed by atoms with E-state index in [1.54, 1.807) is 23.2 Å². The van der Waals surface area contributed by atoms with Gasteiger partial charge in [0.1, 0.15) is 0 Å². The quantitative estimate of drug-likeness (QED) is 0.856. The summed E-state index contributed by atoms with van der Waals surface area (Å²) in [5.41, 5.74) is 0.195. The molecule has 1 aliphatic carbocycles. The molecule has 7 heteroatoms. The summed E-state index contributed by atoms with van der Waals surface area (Å²) >= 11 is 0. The zero-order chi connectivity index (χ0) is 14.3. The van der Waals surface area contributed by atoms with E-state index in [0.29, 0.717) is 17.1 Å². The van der Waals surface area contributed by atoms with Gasteiger partial charge in [-0.25, -0.2) is 4.79 Å². The van der Waals surface area contributed by atoms with Gasteiger partial charge in [0.2, 0.25) is 5.95 Å². The number of rotatable bonds is 2. The Hall–Kier alpha value is -2.05. The Kier molecular flexibility index (Phi) is 3.11. The number of hydrogen-bond acceptors (Lipinski definition) is 4. The maximum atomic E-state index is 12.2.